The van der Waals surface area contributed by atoms with Crippen LogP contribution in [0, 0.1) is 20.2 Å². The Kier molecular flexibility index (Phi) is 4.74. The molecule has 0 atom stereocenters. The van der Waals surface area contributed by atoms with E-state index in [1.165, 1.54) is 0 Å². The molecule has 4 amide bonds. The predicted molar refractivity (Wildman–Crippen MR) is 103 cm³/mol. The first kappa shape index (κ1) is 20.7. The zero-order valence-corrected chi connectivity index (χ0v) is 16.0. The summed E-state index contributed by atoms with van der Waals surface area (Å²) in [6.07, 6.45) is -1.52. The van der Waals surface area contributed by atoms with Crippen LogP contribution in [0.2, 0.25) is 0 Å². The maximum atomic E-state index is 12.5. The number of nitrogens with zero attached hydrogens (tertiary/aromatic N) is 4. The van der Waals surface area contributed by atoms with Crippen molar-refractivity contribution in [2.24, 2.45) is 0 Å². The van der Waals surface area contributed by atoms with Crippen LogP contribution in [0.3, 0.4) is 0 Å². The van der Waals surface area contributed by atoms with Crippen molar-refractivity contribution in [2.75, 3.05) is 13.1 Å². The van der Waals surface area contributed by atoms with Gasteiger partial charge in [0.1, 0.15) is 0 Å². The minimum Gasteiger partial charge on any atom is -0.389 e. The molecular weight excluding hydrogens is 428 g/mol. The van der Waals surface area contributed by atoms with Gasteiger partial charge < -0.3 is 5.11 Å². The summed E-state index contributed by atoms with van der Waals surface area (Å²) in [6, 6.07) is 6.33. The fraction of sp³-hybridized carbons (Fsp3) is 0.158. The number of non-ortho nitro benzene ring substituents is 2. The third kappa shape index (κ3) is 3.16. The van der Waals surface area contributed by atoms with Crippen molar-refractivity contribution in [3.63, 3.8) is 0 Å². The largest absolute Gasteiger partial charge is 0.389 e. The predicted octanol–water partition coefficient (Wildman–Crippen LogP) is 0.756. The van der Waals surface area contributed by atoms with Gasteiger partial charge in [-0.1, -0.05) is 0 Å². The number of aliphatic hydroxyl groups excluding tert-OH is 1. The molecule has 0 saturated carbocycles. The number of hydrogen-bond acceptors (Lipinski definition) is 9. The number of aliphatic hydroxyl groups is 1. The summed E-state index contributed by atoms with van der Waals surface area (Å²) in [5, 5.41) is 32.2. The number of carbonyl (C=O) groups is 4. The second-order valence-corrected chi connectivity index (χ2v) is 7.07. The van der Waals surface area contributed by atoms with Crippen molar-refractivity contribution < 1.29 is 34.1 Å². The summed E-state index contributed by atoms with van der Waals surface area (Å²) < 4.78 is 0. The molecule has 2 heterocycles. The van der Waals surface area contributed by atoms with Crippen LogP contribution in [-0.4, -0.2) is 67.6 Å². The van der Waals surface area contributed by atoms with Gasteiger partial charge in [-0.3, -0.25) is 49.2 Å². The molecule has 0 aliphatic carbocycles. The molecule has 4 rings (SSSR count). The normalized spacial score (nSPS) is 14.9. The zero-order valence-electron chi connectivity index (χ0n) is 16.0. The van der Waals surface area contributed by atoms with Gasteiger partial charge in [-0.15, -0.1) is 0 Å². The second kappa shape index (κ2) is 7.31. The Hall–Kier alpha value is -4.52. The first-order valence-electron chi connectivity index (χ1n) is 9.07. The Morgan fingerprint density at radius 2 is 1.03 bits per heavy atom. The average Bonchev–Trinajstić information content (AvgIpc) is 3.13. The third-order valence-corrected chi connectivity index (χ3v) is 5.12. The van der Waals surface area contributed by atoms with E-state index >= 15 is 0 Å². The van der Waals surface area contributed by atoms with Gasteiger partial charge >= 0.3 is 0 Å². The molecule has 0 radical (unpaired) electrons. The highest BCUT2D eigenvalue weighted by atomic mass is 16.6. The Morgan fingerprint density at radius 1 is 0.688 bits per heavy atom. The van der Waals surface area contributed by atoms with Gasteiger partial charge in [-0.2, -0.15) is 0 Å². The standard InChI is InChI=1S/C19H12N4O9/c24-11(7-20-16(25)12-3-1-9(22(29)30)5-14(12)18(20)27)8-21-17(26)13-4-2-10(23(31)32)6-15(13)19(21)28/h1-6,11,24H,7-8H2. The van der Waals surface area contributed by atoms with E-state index in [4.69, 9.17) is 0 Å². The molecule has 32 heavy (non-hydrogen) atoms. The SMILES string of the molecule is O=C1c2ccc([N+](=O)[O-])cc2C(=O)N1CC(O)CN1C(=O)c2ccc([N+](=O)[O-])cc2C1=O. The van der Waals surface area contributed by atoms with Crippen LogP contribution in [0.5, 0.6) is 0 Å². The van der Waals surface area contributed by atoms with E-state index in [1.54, 1.807) is 0 Å². The van der Waals surface area contributed by atoms with Crippen LogP contribution in [0.15, 0.2) is 36.4 Å². The quantitative estimate of drug-likeness (QED) is 0.385. The number of nitro groups is 2. The Bertz CT molecular complexity index is 1160. The lowest BCUT2D eigenvalue weighted by Crippen LogP contribution is -2.44. The molecule has 162 valence electrons. The summed E-state index contributed by atoms with van der Waals surface area (Å²) in [4.78, 5) is 71.7. The van der Waals surface area contributed by atoms with Gasteiger partial charge in [0.15, 0.2) is 0 Å². The molecule has 0 saturated heterocycles. The zero-order chi connectivity index (χ0) is 23.3. The highest BCUT2D eigenvalue weighted by Gasteiger charge is 2.41. The molecule has 13 heteroatoms. The minimum absolute atomic E-state index is 0.0687. The number of benzene rings is 2. The number of rotatable bonds is 6. The van der Waals surface area contributed by atoms with Crippen LogP contribution in [0.1, 0.15) is 41.4 Å². The van der Waals surface area contributed by atoms with Crippen LogP contribution in [-0.2, 0) is 0 Å². The van der Waals surface area contributed by atoms with Gasteiger partial charge in [0.25, 0.3) is 35.0 Å². The Morgan fingerprint density at radius 3 is 1.38 bits per heavy atom. The summed E-state index contributed by atoms with van der Waals surface area (Å²) >= 11 is 0. The monoisotopic (exact) mass is 440 g/mol. The van der Waals surface area contributed by atoms with Gasteiger partial charge in [0, 0.05) is 24.3 Å². The van der Waals surface area contributed by atoms with Crippen LogP contribution >= 0.6 is 0 Å². The fourth-order valence-corrected chi connectivity index (χ4v) is 3.60. The molecule has 2 aliphatic heterocycles. The molecule has 2 aromatic rings. The number of imide groups is 2. The Labute approximate surface area is 177 Å². The summed E-state index contributed by atoms with van der Waals surface area (Å²) in [5.41, 5.74) is -1.28. The number of nitro benzene ring substituents is 2. The van der Waals surface area contributed by atoms with E-state index in [2.05, 4.69) is 0 Å². The van der Waals surface area contributed by atoms with Crippen LogP contribution < -0.4 is 0 Å². The molecule has 0 spiro atoms. The van der Waals surface area contributed by atoms with Crippen molar-refractivity contribution in [1.29, 1.82) is 0 Å². The molecule has 13 nitrogen and oxygen atoms in total. The lowest BCUT2D eigenvalue weighted by atomic mass is 10.1. The van der Waals surface area contributed by atoms with Crippen molar-refractivity contribution in [3.05, 3.63) is 78.9 Å². The van der Waals surface area contributed by atoms with Crippen molar-refractivity contribution in [2.45, 2.75) is 6.10 Å². The highest BCUT2D eigenvalue weighted by Crippen LogP contribution is 2.29. The smallest absolute Gasteiger partial charge is 0.270 e. The average molecular weight is 440 g/mol. The summed E-state index contributed by atoms with van der Waals surface area (Å²) in [7, 11) is 0. The number of hydrogen-bond donors (Lipinski definition) is 1. The number of β-amino-alcohol motifs (C(OH)–C–C–N with tert-alkyl or cyclic N) is 1. The van der Waals surface area contributed by atoms with Crippen molar-refractivity contribution >= 4 is 35.0 Å². The molecule has 0 unspecified atom stereocenters. The van der Waals surface area contributed by atoms with Gasteiger partial charge in [-0.25, -0.2) is 0 Å². The van der Waals surface area contributed by atoms with Crippen LogP contribution in [0.4, 0.5) is 11.4 Å². The first-order chi connectivity index (χ1) is 15.1. The Balaban J connectivity index is 1.50. The van der Waals surface area contributed by atoms with Gasteiger partial charge in [-0.05, 0) is 12.1 Å². The molecule has 1 N–H and O–H groups in total. The van der Waals surface area contributed by atoms with Crippen LogP contribution in [0.25, 0.3) is 0 Å². The fourth-order valence-electron chi connectivity index (χ4n) is 3.60. The molecular formula is C19H12N4O9. The lowest BCUT2D eigenvalue weighted by molar-refractivity contribution is -0.385. The molecule has 0 fully saturated rings. The topological polar surface area (TPSA) is 181 Å². The van der Waals surface area contributed by atoms with E-state index in [9.17, 15) is 44.5 Å². The van der Waals surface area contributed by atoms with Crippen molar-refractivity contribution in [3.8, 4) is 0 Å². The second-order valence-electron chi connectivity index (χ2n) is 7.07. The van der Waals surface area contributed by atoms with Gasteiger partial charge in [0.2, 0.25) is 0 Å². The maximum Gasteiger partial charge on any atom is 0.270 e. The first-order valence-corrected chi connectivity index (χ1v) is 9.07. The third-order valence-electron chi connectivity index (χ3n) is 5.12. The number of amides is 4. The van der Waals surface area contributed by atoms with E-state index in [0.29, 0.717) is 9.80 Å². The van der Waals surface area contributed by atoms with Crippen molar-refractivity contribution in [1.82, 2.24) is 9.80 Å². The molecule has 2 aromatic carbocycles. The summed E-state index contributed by atoms with van der Waals surface area (Å²) in [5.74, 6) is -3.27. The number of carbonyl (C=O) groups excluding carboxylic acids is 4. The van der Waals surface area contributed by atoms with E-state index in [0.717, 1.165) is 36.4 Å². The summed E-state index contributed by atoms with van der Waals surface area (Å²) in [6.45, 7) is -1.15. The van der Waals surface area contributed by atoms with E-state index in [1.807, 2.05) is 0 Å². The van der Waals surface area contributed by atoms with Gasteiger partial charge in [0.05, 0.1) is 51.3 Å². The highest BCUT2D eigenvalue weighted by molar-refractivity contribution is 6.22. The van der Waals surface area contributed by atoms with E-state index < -0.39 is 52.7 Å². The molecule has 2 aliphatic rings. The van der Waals surface area contributed by atoms with E-state index in [-0.39, 0.29) is 33.6 Å². The maximum absolute atomic E-state index is 12.5. The molecule has 0 aromatic heterocycles. The minimum atomic E-state index is -1.52. The molecule has 0 bridgehead atoms. The number of fused-ring (bicyclic) bond motifs is 2. The lowest BCUT2D eigenvalue weighted by Gasteiger charge is -2.22.